The Bertz CT molecular complexity index is 463. The van der Waals surface area contributed by atoms with Crippen molar-refractivity contribution >= 4 is 17.2 Å². The third-order valence-electron chi connectivity index (χ3n) is 2.08. The first-order valence-corrected chi connectivity index (χ1v) is 4.13. The quantitative estimate of drug-likeness (QED) is 0.616. The topological polar surface area (TPSA) is 30.0 Å². The standard InChI is InChI=1S/C11H9NO/c1-8-10(7-13)6-9-4-2-3-5-11(9)12-8/h2-7H,1H3. The van der Waals surface area contributed by atoms with Crippen LogP contribution in [0.25, 0.3) is 10.9 Å². The van der Waals surface area contributed by atoms with Crippen LogP contribution in [0.4, 0.5) is 0 Å². The van der Waals surface area contributed by atoms with E-state index in [2.05, 4.69) is 4.98 Å². The van der Waals surface area contributed by atoms with Gasteiger partial charge in [-0.3, -0.25) is 9.78 Å². The molecule has 2 aromatic rings. The van der Waals surface area contributed by atoms with Gasteiger partial charge in [0.2, 0.25) is 0 Å². The van der Waals surface area contributed by atoms with E-state index in [4.69, 9.17) is 0 Å². The summed E-state index contributed by atoms with van der Waals surface area (Å²) in [6, 6.07) is 9.64. The highest BCUT2D eigenvalue weighted by Gasteiger charge is 2.00. The minimum absolute atomic E-state index is 0.665. The van der Waals surface area contributed by atoms with E-state index in [9.17, 15) is 4.79 Å². The van der Waals surface area contributed by atoms with Crippen molar-refractivity contribution in [3.63, 3.8) is 0 Å². The molecule has 0 aliphatic carbocycles. The lowest BCUT2D eigenvalue weighted by Gasteiger charge is -2.00. The summed E-state index contributed by atoms with van der Waals surface area (Å²) in [6.45, 7) is 1.84. The number of benzene rings is 1. The fourth-order valence-electron chi connectivity index (χ4n) is 1.35. The highest BCUT2D eigenvalue weighted by Crippen LogP contribution is 2.14. The number of aldehydes is 1. The summed E-state index contributed by atoms with van der Waals surface area (Å²) in [4.78, 5) is 14.9. The number of carbonyl (C=O) groups excluding carboxylic acids is 1. The van der Waals surface area contributed by atoms with Crippen molar-refractivity contribution in [1.82, 2.24) is 4.98 Å². The molecule has 1 heterocycles. The number of pyridine rings is 1. The van der Waals surface area contributed by atoms with Crippen molar-refractivity contribution in [1.29, 1.82) is 0 Å². The molecular weight excluding hydrogens is 162 g/mol. The normalized spacial score (nSPS) is 10.2. The molecule has 0 amide bonds. The molecule has 0 saturated heterocycles. The van der Waals surface area contributed by atoms with Crippen molar-refractivity contribution < 1.29 is 4.79 Å². The van der Waals surface area contributed by atoms with Gasteiger partial charge in [-0.2, -0.15) is 0 Å². The summed E-state index contributed by atoms with van der Waals surface area (Å²) >= 11 is 0. The van der Waals surface area contributed by atoms with Crippen molar-refractivity contribution in [3.8, 4) is 0 Å². The van der Waals surface area contributed by atoms with Gasteiger partial charge in [0, 0.05) is 16.6 Å². The van der Waals surface area contributed by atoms with E-state index in [0.717, 1.165) is 22.9 Å². The fraction of sp³-hybridized carbons (Fsp3) is 0.0909. The van der Waals surface area contributed by atoms with Crippen LogP contribution in [0.5, 0.6) is 0 Å². The molecule has 0 radical (unpaired) electrons. The monoisotopic (exact) mass is 171 g/mol. The summed E-state index contributed by atoms with van der Waals surface area (Å²) < 4.78 is 0. The van der Waals surface area contributed by atoms with Gasteiger partial charge in [0.25, 0.3) is 0 Å². The van der Waals surface area contributed by atoms with E-state index in [0.29, 0.717) is 5.56 Å². The number of aromatic nitrogens is 1. The van der Waals surface area contributed by atoms with Crippen molar-refractivity contribution in [2.75, 3.05) is 0 Å². The van der Waals surface area contributed by atoms with Crippen LogP contribution in [0.1, 0.15) is 16.1 Å². The van der Waals surface area contributed by atoms with Crippen LogP contribution in [-0.4, -0.2) is 11.3 Å². The Kier molecular flexibility index (Phi) is 1.81. The van der Waals surface area contributed by atoms with E-state index < -0.39 is 0 Å². The molecule has 0 aliphatic rings. The van der Waals surface area contributed by atoms with Gasteiger partial charge in [-0.15, -0.1) is 0 Å². The molecule has 13 heavy (non-hydrogen) atoms. The Morgan fingerprint density at radius 3 is 2.85 bits per heavy atom. The van der Waals surface area contributed by atoms with Gasteiger partial charge >= 0.3 is 0 Å². The van der Waals surface area contributed by atoms with Crippen molar-refractivity contribution in [2.45, 2.75) is 6.92 Å². The van der Waals surface area contributed by atoms with Crippen LogP contribution in [0.2, 0.25) is 0 Å². The Labute approximate surface area is 76.2 Å². The number of carbonyl (C=O) groups is 1. The van der Waals surface area contributed by atoms with E-state index in [1.54, 1.807) is 0 Å². The van der Waals surface area contributed by atoms with Crippen LogP contribution in [0.3, 0.4) is 0 Å². The summed E-state index contributed by atoms with van der Waals surface area (Å²) in [6.07, 6.45) is 0.842. The van der Waals surface area contributed by atoms with E-state index in [1.165, 1.54) is 0 Å². The van der Waals surface area contributed by atoms with Crippen LogP contribution >= 0.6 is 0 Å². The zero-order valence-corrected chi connectivity index (χ0v) is 7.32. The van der Waals surface area contributed by atoms with Crippen LogP contribution in [-0.2, 0) is 0 Å². The van der Waals surface area contributed by atoms with Gasteiger partial charge in [0.1, 0.15) is 0 Å². The second-order valence-corrected chi connectivity index (χ2v) is 2.97. The second kappa shape index (κ2) is 2.98. The number of hydrogen-bond donors (Lipinski definition) is 0. The molecule has 2 rings (SSSR count). The lowest BCUT2D eigenvalue weighted by Crippen LogP contribution is -1.91. The van der Waals surface area contributed by atoms with Gasteiger partial charge in [0.05, 0.1) is 5.52 Å². The Hall–Kier alpha value is -1.70. The molecule has 1 aromatic heterocycles. The molecular formula is C11H9NO. The Balaban J connectivity index is 2.81. The van der Waals surface area contributed by atoms with Gasteiger partial charge in [0.15, 0.2) is 6.29 Å². The first-order chi connectivity index (χ1) is 6.31. The lowest BCUT2D eigenvalue weighted by molar-refractivity contribution is 0.112. The molecule has 64 valence electrons. The largest absolute Gasteiger partial charge is 0.298 e. The van der Waals surface area contributed by atoms with Gasteiger partial charge < -0.3 is 0 Å². The second-order valence-electron chi connectivity index (χ2n) is 2.97. The molecule has 0 fully saturated rings. The smallest absolute Gasteiger partial charge is 0.151 e. The maximum atomic E-state index is 10.6. The number of hydrogen-bond acceptors (Lipinski definition) is 2. The number of para-hydroxylation sites is 1. The third kappa shape index (κ3) is 1.31. The third-order valence-corrected chi connectivity index (χ3v) is 2.08. The molecule has 0 bridgehead atoms. The Morgan fingerprint density at radius 1 is 1.31 bits per heavy atom. The van der Waals surface area contributed by atoms with E-state index in [-0.39, 0.29) is 0 Å². The lowest BCUT2D eigenvalue weighted by atomic mass is 10.1. The average Bonchev–Trinajstić information content (AvgIpc) is 2.17. The molecule has 0 unspecified atom stereocenters. The van der Waals surface area contributed by atoms with E-state index in [1.807, 2.05) is 37.3 Å². The zero-order chi connectivity index (χ0) is 9.26. The number of rotatable bonds is 1. The fourth-order valence-corrected chi connectivity index (χ4v) is 1.35. The number of aryl methyl sites for hydroxylation is 1. The molecule has 2 nitrogen and oxygen atoms in total. The van der Waals surface area contributed by atoms with Crippen LogP contribution < -0.4 is 0 Å². The predicted molar refractivity (Wildman–Crippen MR) is 51.9 cm³/mol. The molecule has 0 spiro atoms. The van der Waals surface area contributed by atoms with Gasteiger partial charge in [-0.05, 0) is 19.1 Å². The molecule has 2 heteroatoms. The van der Waals surface area contributed by atoms with Crippen LogP contribution in [0, 0.1) is 6.92 Å². The van der Waals surface area contributed by atoms with Crippen molar-refractivity contribution in [3.05, 3.63) is 41.6 Å². The molecule has 1 aromatic carbocycles. The summed E-state index contributed by atoms with van der Waals surface area (Å²) in [5.41, 5.74) is 2.39. The van der Waals surface area contributed by atoms with E-state index >= 15 is 0 Å². The summed E-state index contributed by atoms with van der Waals surface area (Å²) in [5.74, 6) is 0. The minimum Gasteiger partial charge on any atom is -0.298 e. The molecule has 0 saturated carbocycles. The predicted octanol–water partition coefficient (Wildman–Crippen LogP) is 2.36. The summed E-state index contributed by atoms with van der Waals surface area (Å²) in [7, 11) is 0. The highest BCUT2D eigenvalue weighted by molar-refractivity contribution is 5.87. The maximum absolute atomic E-state index is 10.6. The minimum atomic E-state index is 0.665. The first-order valence-electron chi connectivity index (χ1n) is 4.13. The first kappa shape index (κ1) is 7.92. The zero-order valence-electron chi connectivity index (χ0n) is 7.32. The Morgan fingerprint density at radius 2 is 2.08 bits per heavy atom. The van der Waals surface area contributed by atoms with Gasteiger partial charge in [-0.1, -0.05) is 18.2 Å². The molecule has 0 atom stereocenters. The molecule has 0 N–H and O–H groups in total. The van der Waals surface area contributed by atoms with Crippen LogP contribution in [0.15, 0.2) is 30.3 Å². The highest BCUT2D eigenvalue weighted by atomic mass is 16.1. The SMILES string of the molecule is Cc1nc2ccccc2cc1C=O. The number of nitrogens with zero attached hydrogens (tertiary/aromatic N) is 1. The maximum Gasteiger partial charge on any atom is 0.151 e. The van der Waals surface area contributed by atoms with Crippen molar-refractivity contribution in [2.24, 2.45) is 0 Å². The molecule has 0 aliphatic heterocycles. The van der Waals surface area contributed by atoms with Gasteiger partial charge in [-0.25, -0.2) is 0 Å². The number of fused-ring (bicyclic) bond motifs is 1. The summed E-state index contributed by atoms with van der Waals surface area (Å²) in [5, 5.41) is 1.01. The average molecular weight is 171 g/mol.